The molecule has 4 heteroatoms. The van der Waals surface area contributed by atoms with Gasteiger partial charge in [0, 0.05) is 0 Å². The Morgan fingerprint density at radius 1 is 0.810 bits per heavy atom. The highest BCUT2D eigenvalue weighted by Crippen LogP contribution is 2.46. The number of carboxylic acid groups (broad SMARTS) is 1. The fraction of sp³-hybridized carbons (Fsp3) is 0.412. The van der Waals surface area contributed by atoms with Crippen molar-refractivity contribution in [3.63, 3.8) is 0 Å². The van der Waals surface area contributed by atoms with E-state index < -0.39 is 22.8 Å². The molecular weight excluding hydrogens is 268 g/mol. The lowest BCUT2D eigenvalue weighted by atomic mass is 9.62. The first-order valence-corrected chi connectivity index (χ1v) is 6.77. The minimum atomic E-state index is -1.66. The van der Waals surface area contributed by atoms with E-state index in [2.05, 4.69) is 0 Å². The smallest absolute Gasteiger partial charge is 0.321 e. The van der Waals surface area contributed by atoms with E-state index in [-0.39, 0.29) is 0 Å². The van der Waals surface area contributed by atoms with Crippen LogP contribution in [0.4, 0.5) is 0 Å². The van der Waals surface area contributed by atoms with Crippen molar-refractivity contribution < 1.29 is 19.4 Å². The van der Waals surface area contributed by atoms with Gasteiger partial charge in [0.05, 0.1) is 18.5 Å². The summed E-state index contributed by atoms with van der Waals surface area (Å²) >= 11 is 0. The van der Waals surface area contributed by atoms with Crippen molar-refractivity contribution in [1.29, 1.82) is 0 Å². The number of allylic oxidation sites excluding steroid dienone is 4. The molecule has 0 rings (SSSR count). The lowest BCUT2D eigenvalue weighted by Gasteiger charge is -2.42. The van der Waals surface area contributed by atoms with Crippen molar-refractivity contribution in [2.45, 2.75) is 27.7 Å². The molecule has 0 aliphatic rings. The average Bonchev–Trinajstić information content (AvgIpc) is 2.45. The highest BCUT2D eigenvalue weighted by Gasteiger charge is 2.52. The monoisotopic (exact) mass is 291 g/mol. The third-order valence-electron chi connectivity index (χ3n) is 3.26. The number of esters is 1. The molecule has 0 amide bonds. The van der Waals surface area contributed by atoms with Gasteiger partial charge in [-0.3, -0.25) is 4.79 Å². The summed E-state index contributed by atoms with van der Waals surface area (Å²) in [6.07, 6.45) is 12.4. The summed E-state index contributed by atoms with van der Waals surface area (Å²) in [5.41, 5.74) is -3.17. The van der Waals surface area contributed by atoms with Gasteiger partial charge < -0.3 is 14.6 Å². The molecule has 0 heterocycles. The number of ether oxygens (including phenoxy) is 1. The number of hydrogen-bond donors (Lipinski definition) is 0. The van der Waals surface area contributed by atoms with Gasteiger partial charge in [0.25, 0.3) is 0 Å². The van der Waals surface area contributed by atoms with Gasteiger partial charge in [-0.25, -0.2) is 0 Å². The summed E-state index contributed by atoms with van der Waals surface area (Å²) in [7, 11) is 1.23. The van der Waals surface area contributed by atoms with Crippen LogP contribution in [0, 0.1) is 10.8 Å². The largest absolute Gasteiger partial charge is 0.549 e. The number of methoxy groups -OCH3 is 1. The third-order valence-corrected chi connectivity index (χ3v) is 3.26. The first-order chi connectivity index (χ1) is 9.92. The number of carboxylic acids is 1. The summed E-state index contributed by atoms with van der Waals surface area (Å²) in [6, 6.07) is 0. The molecule has 0 fully saturated rings. The van der Waals surface area contributed by atoms with Crippen molar-refractivity contribution in [3.05, 3.63) is 48.6 Å². The predicted octanol–water partition coefficient (Wildman–Crippen LogP) is 2.19. The lowest BCUT2D eigenvalue weighted by molar-refractivity contribution is -0.317. The minimum Gasteiger partial charge on any atom is -0.549 e. The van der Waals surface area contributed by atoms with Crippen molar-refractivity contribution in [3.8, 4) is 0 Å². The molecule has 0 aromatic carbocycles. The molecule has 0 saturated heterocycles. The van der Waals surface area contributed by atoms with E-state index in [1.54, 1.807) is 52.0 Å². The summed E-state index contributed by atoms with van der Waals surface area (Å²) in [5.74, 6) is -2.04. The Hall–Kier alpha value is -2.10. The Balaban J connectivity index is 6.79. The Labute approximate surface area is 126 Å². The quantitative estimate of drug-likeness (QED) is 0.532. The normalized spacial score (nSPS) is 18.3. The second kappa shape index (κ2) is 8.25. The maximum absolute atomic E-state index is 12.4. The molecule has 0 atom stereocenters. The van der Waals surface area contributed by atoms with Crippen molar-refractivity contribution in [1.82, 2.24) is 0 Å². The van der Waals surface area contributed by atoms with Crippen LogP contribution in [-0.4, -0.2) is 19.0 Å². The van der Waals surface area contributed by atoms with Crippen LogP contribution in [0.2, 0.25) is 0 Å². The van der Waals surface area contributed by atoms with Gasteiger partial charge >= 0.3 is 5.97 Å². The topological polar surface area (TPSA) is 66.4 Å². The molecule has 4 nitrogen and oxygen atoms in total. The lowest BCUT2D eigenvalue weighted by Crippen LogP contribution is -2.54. The molecular formula is C17H23O4-. The maximum Gasteiger partial charge on any atom is 0.321 e. The SMILES string of the molecule is CC=CC(C=CC)(C(=O)[O-])C(C=CC)(C=CC)C(=O)OC. The average molecular weight is 291 g/mol. The highest BCUT2D eigenvalue weighted by atomic mass is 16.5. The molecule has 21 heavy (non-hydrogen) atoms. The number of hydrogen-bond acceptors (Lipinski definition) is 4. The van der Waals surface area contributed by atoms with E-state index in [4.69, 9.17) is 4.74 Å². The number of aliphatic carboxylic acids is 1. The molecule has 0 aliphatic heterocycles. The summed E-state index contributed by atoms with van der Waals surface area (Å²) in [5, 5.41) is 11.9. The number of carbonyl (C=O) groups is 2. The Kier molecular flexibility index (Phi) is 7.42. The van der Waals surface area contributed by atoms with E-state index in [0.717, 1.165) is 0 Å². The molecule has 0 aliphatic carbocycles. The molecule has 0 aromatic heterocycles. The second-order valence-corrected chi connectivity index (χ2v) is 4.52. The van der Waals surface area contributed by atoms with Gasteiger partial charge in [-0.05, 0) is 27.7 Å². The fourth-order valence-corrected chi connectivity index (χ4v) is 2.49. The predicted molar refractivity (Wildman–Crippen MR) is 81.1 cm³/mol. The zero-order valence-corrected chi connectivity index (χ0v) is 13.3. The van der Waals surface area contributed by atoms with E-state index in [1.807, 2.05) is 0 Å². The zero-order valence-electron chi connectivity index (χ0n) is 13.3. The van der Waals surface area contributed by atoms with Crippen LogP contribution in [0.5, 0.6) is 0 Å². The molecule has 0 radical (unpaired) electrons. The van der Waals surface area contributed by atoms with E-state index in [1.165, 1.54) is 31.4 Å². The number of carbonyl (C=O) groups excluding carboxylic acids is 2. The van der Waals surface area contributed by atoms with Crippen molar-refractivity contribution in [2.24, 2.45) is 10.8 Å². The van der Waals surface area contributed by atoms with Crippen LogP contribution in [0.1, 0.15) is 27.7 Å². The fourth-order valence-electron chi connectivity index (χ4n) is 2.49. The Bertz CT molecular complexity index is 457. The molecule has 0 unspecified atom stereocenters. The molecule has 0 aromatic rings. The molecule has 0 N–H and O–H groups in total. The van der Waals surface area contributed by atoms with Crippen LogP contribution in [-0.2, 0) is 14.3 Å². The van der Waals surface area contributed by atoms with Crippen molar-refractivity contribution >= 4 is 11.9 Å². The van der Waals surface area contributed by atoms with Gasteiger partial charge in [-0.15, -0.1) is 0 Å². The first-order valence-electron chi connectivity index (χ1n) is 6.77. The minimum absolute atomic E-state index is 0.667. The van der Waals surface area contributed by atoms with Crippen LogP contribution in [0.15, 0.2) is 48.6 Å². The van der Waals surface area contributed by atoms with Gasteiger partial charge in [0.15, 0.2) is 0 Å². The van der Waals surface area contributed by atoms with Crippen molar-refractivity contribution in [2.75, 3.05) is 7.11 Å². The molecule has 116 valence electrons. The standard InChI is InChI=1S/C17H24O4/c1-6-10-16(11-7-2,14(18)19)17(12-8-3,13-9-4)15(20)21-5/h6-13H,1-5H3,(H,18,19)/p-1. The Morgan fingerprint density at radius 2 is 1.14 bits per heavy atom. The molecule has 0 spiro atoms. The third kappa shape index (κ3) is 3.32. The zero-order chi connectivity index (χ0) is 16.5. The van der Waals surface area contributed by atoms with E-state index >= 15 is 0 Å². The van der Waals surface area contributed by atoms with E-state index in [9.17, 15) is 14.7 Å². The van der Waals surface area contributed by atoms with Crippen LogP contribution < -0.4 is 5.11 Å². The molecule has 0 saturated carbocycles. The maximum atomic E-state index is 12.4. The summed E-state index contributed by atoms with van der Waals surface area (Å²) in [4.78, 5) is 24.4. The van der Waals surface area contributed by atoms with Crippen LogP contribution in [0.25, 0.3) is 0 Å². The highest BCUT2D eigenvalue weighted by molar-refractivity contribution is 5.93. The van der Waals surface area contributed by atoms with Crippen LogP contribution >= 0.6 is 0 Å². The Morgan fingerprint density at radius 3 is 1.38 bits per heavy atom. The summed E-state index contributed by atoms with van der Waals surface area (Å²) in [6.45, 7) is 6.81. The van der Waals surface area contributed by atoms with Gasteiger partial charge in [-0.2, -0.15) is 0 Å². The van der Waals surface area contributed by atoms with Gasteiger partial charge in [-0.1, -0.05) is 48.6 Å². The molecule has 0 bridgehead atoms. The van der Waals surface area contributed by atoms with Gasteiger partial charge in [0.1, 0.15) is 5.41 Å². The van der Waals surface area contributed by atoms with Gasteiger partial charge in [0.2, 0.25) is 0 Å². The summed E-state index contributed by atoms with van der Waals surface area (Å²) < 4.78 is 4.87. The second-order valence-electron chi connectivity index (χ2n) is 4.52. The van der Waals surface area contributed by atoms with Crippen LogP contribution in [0.3, 0.4) is 0 Å². The number of rotatable bonds is 7. The van der Waals surface area contributed by atoms with E-state index in [0.29, 0.717) is 0 Å². The first kappa shape index (κ1) is 18.9.